The van der Waals surface area contributed by atoms with Crippen molar-refractivity contribution in [2.24, 2.45) is 0 Å². The molecule has 1 aromatic carbocycles. The van der Waals surface area contributed by atoms with Gasteiger partial charge in [0.25, 0.3) is 0 Å². The SMILES string of the molecule is CN(C)CCN(CC(=O)O)C(=O)C1COc2ccccc21. The number of likely N-dealkylation sites (N-methyl/N-ethyl adjacent to an activating group) is 1. The fourth-order valence-corrected chi connectivity index (χ4v) is 2.34. The quantitative estimate of drug-likeness (QED) is 0.833. The van der Waals surface area contributed by atoms with Crippen molar-refractivity contribution in [1.29, 1.82) is 0 Å². The highest BCUT2D eigenvalue weighted by Gasteiger charge is 2.33. The molecule has 21 heavy (non-hydrogen) atoms. The van der Waals surface area contributed by atoms with Crippen molar-refractivity contribution in [1.82, 2.24) is 9.80 Å². The first kappa shape index (κ1) is 15.3. The highest BCUT2D eigenvalue weighted by molar-refractivity contribution is 5.88. The number of ether oxygens (including phenoxy) is 1. The predicted molar refractivity (Wildman–Crippen MR) is 77.4 cm³/mol. The predicted octanol–water partition coefficient (Wildman–Crippen LogP) is 0.637. The fraction of sp³-hybridized carbons (Fsp3) is 0.467. The molecule has 1 heterocycles. The standard InChI is InChI=1S/C15H20N2O4/c1-16(2)7-8-17(9-14(18)19)15(20)12-10-21-13-6-4-3-5-11(12)13/h3-6,12H,7-10H2,1-2H3,(H,18,19). The largest absolute Gasteiger partial charge is 0.492 e. The molecule has 0 saturated carbocycles. The molecule has 0 aliphatic carbocycles. The molecule has 114 valence electrons. The number of hydrogen-bond acceptors (Lipinski definition) is 4. The van der Waals surface area contributed by atoms with E-state index in [1.807, 2.05) is 43.3 Å². The van der Waals surface area contributed by atoms with Gasteiger partial charge in [0.1, 0.15) is 24.8 Å². The van der Waals surface area contributed by atoms with Gasteiger partial charge in [-0.3, -0.25) is 9.59 Å². The minimum absolute atomic E-state index is 0.191. The van der Waals surface area contributed by atoms with Crippen LogP contribution < -0.4 is 4.74 Å². The van der Waals surface area contributed by atoms with Gasteiger partial charge in [-0.05, 0) is 20.2 Å². The first-order valence-corrected chi connectivity index (χ1v) is 6.86. The zero-order valence-electron chi connectivity index (χ0n) is 12.3. The van der Waals surface area contributed by atoms with Gasteiger partial charge >= 0.3 is 5.97 Å². The molecule has 1 N–H and O–H groups in total. The van der Waals surface area contributed by atoms with E-state index >= 15 is 0 Å². The highest BCUT2D eigenvalue weighted by Crippen LogP contribution is 2.34. The Morgan fingerprint density at radius 3 is 2.67 bits per heavy atom. The Morgan fingerprint density at radius 1 is 1.29 bits per heavy atom. The smallest absolute Gasteiger partial charge is 0.323 e. The molecule has 0 saturated heterocycles. The van der Waals surface area contributed by atoms with Crippen molar-refractivity contribution in [3.63, 3.8) is 0 Å². The molecule has 1 unspecified atom stereocenters. The van der Waals surface area contributed by atoms with E-state index in [1.54, 1.807) is 0 Å². The van der Waals surface area contributed by atoms with Gasteiger partial charge in [0.15, 0.2) is 0 Å². The van der Waals surface area contributed by atoms with Crippen molar-refractivity contribution in [2.45, 2.75) is 5.92 Å². The first-order chi connectivity index (χ1) is 9.99. The lowest BCUT2D eigenvalue weighted by Crippen LogP contribution is -2.42. The molecular formula is C15H20N2O4. The molecule has 6 heteroatoms. The van der Waals surface area contributed by atoms with Crippen LogP contribution in [0.5, 0.6) is 5.75 Å². The average molecular weight is 292 g/mol. The van der Waals surface area contributed by atoms with Crippen molar-refractivity contribution in [2.75, 3.05) is 40.3 Å². The van der Waals surface area contributed by atoms with E-state index in [9.17, 15) is 9.59 Å². The van der Waals surface area contributed by atoms with Gasteiger partial charge in [-0.1, -0.05) is 18.2 Å². The van der Waals surface area contributed by atoms with Gasteiger partial charge in [0.05, 0.1) is 0 Å². The van der Waals surface area contributed by atoms with Crippen LogP contribution in [-0.4, -0.2) is 67.1 Å². The molecular weight excluding hydrogens is 272 g/mol. The summed E-state index contributed by atoms with van der Waals surface area (Å²) < 4.78 is 5.51. The second-order valence-corrected chi connectivity index (χ2v) is 5.36. The summed E-state index contributed by atoms with van der Waals surface area (Å²) in [5.74, 6) is -0.903. The van der Waals surface area contributed by atoms with Crippen LogP contribution in [0.1, 0.15) is 11.5 Å². The molecule has 1 amide bonds. The maximum atomic E-state index is 12.6. The second kappa shape index (κ2) is 6.58. The molecule has 0 bridgehead atoms. The topological polar surface area (TPSA) is 70.1 Å². The van der Waals surface area contributed by atoms with Crippen LogP contribution in [0.4, 0.5) is 0 Å². The average Bonchev–Trinajstić information content (AvgIpc) is 2.86. The number of carbonyl (C=O) groups is 2. The van der Waals surface area contributed by atoms with Gasteiger partial charge in [-0.15, -0.1) is 0 Å². The molecule has 0 radical (unpaired) electrons. The summed E-state index contributed by atoms with van der Waals surface area (Å²) in [5.41, 5.74) is 0.836. The first-order valence-electron chi connectivity index (χ1n) is 6.86. The summed E-state index contributed by atoms with van der Waals surface area (Å²) in [7, 11) is 3.77. The van der Waals surface area contributed by atoms with Crippen molar-refractivity contribution < 1.29 is 19.4 Å². The summed E-state index contributed by atoms with van der Waals surface area (Å²) in [6.45, 7) is 0.993. The van der Waals surface area contributed by atoms with Crippen LogP contribution in [0, 0.1) is 0 Å². The summed E-state index contributed by atoms with van der Waals surface area (Å²) >= 11 is 0. The maximum absolute atomic E-state index is 12.6. The van der Waals surface area contributed by atoms with Crippen LogP contribution in [0.3, 0.4) is 0 Å². The Balaban J connectivity index is 2.13. The number of carboxylic acids is 1. The lowest BCUT2D eigenvalue weighted by molar-refractivity contribution is -0.145. The summed E-state index contributed by atoms with van der Waals surface area (Å²) in [6, 6.07) is 7.39. The lowest BCUT2D eigenvalue weighted by Gasteiger charge is -2.25. The van der Waals surface area contributed by atoms with Gasteiger partial charge in [0.2, 0.25) is 5.91 Å². The van der Waals surface area contributed by atoms with Crippen molar-refractivity contribution in [3.8, 4) is 5.75 Å². The lowest BCUT2D eigenvalue weighted by atomic mass is 10.00. The Hall–Kier alpha value is -2.08. The van der Waals surface area contributed by atoms with E-state index in [0.29, 0.717) is 18.8 Å². The van der Waals surface area contributed by atoms with Crippen molar-refractivity contribution >= 4 is 11.9 Å². The summed E-state index contributed by atoms with van der Waals surface area (Å²) in [6.07, 6.45) is 0. The number of hydrogen-bond donors (Lipinski definition) is 1. The minimum Gasteiger partial charge on any atom is -0.492 e. The maximum Gasteiger partial charge on any atom is 0.323 e. The highest BCUT2D eigenvalue weighted by atomic mass is 16.5. The third-order valence-electron chi connectivity index (χ3n) is 3.45. The number of para-hydroxylation sites is 1. The van der Waals surface area contributed by atoms with Crippen LogP contribution >= 0.6 is 0 Å². The molecule has 6 nitrogen and oxygen atoms in total. The molecule has 0 aromatic heterocycles. The number of carbonyl (C=O) groups excluding carboxylic acids is 1. The van der Waals surface area contributed by atoms with Gasteiger partial charge in [-0.2, -0.15) is 0 Å². The molecule has 1 aromatic rings. The van der Waals surface area contributed by atoms with Crippen LogP contribution in [-0.2, 0) is 9.59 Å². The number of aliphatic carboxylic acids is 1. The Bertz CT molecular complexity index is 530. The van der Waals surface area contributed by atoms with Crippen LogP contribution in [0.15, 0.2) is 24.3 Å². The third-order valence-corrected chi connectivity index (χ3v) is 3.45. The second-order valence-electron chi connectivity index (χ2n) is 5.36. The zero-order valence-corrected chi connectivity index (χ0v) is 12.3. The number of rotatable bonds is 6. The van der Waals surface area contributed by atoms with E-state index in [0.717, 1.165) is 5.56 Å². The molecule has 2 rings (SSSR count). The third kappa shape index (κ3) is 3.72. The molecule has 0 fully saturated rings. The Labute approximate surface area is 123 Å². The number of amides is 1. The monoisotopic (exact) mass is 292 g/mol. The normalized spacial score (nSPS) is 16.4. The van der Waals surface area contributed by atoms with E-state index in [2.05, 4.69) is 0 Å². The fourth-order valence-electron chi connectivity index (χ4n) is 2.34. The number of benzene rings is 1. The van der Waals surface area contributed by atoms with Crippen LogP contribution in [0.2, 0.25) is 0 Å². The molecule has 1 aliphatic heterocycles. The van der Waals surface area contributed by atoms with E-state index in [1.165, 1.54) is 4.90 Å². The van der Waals surface area contributed by atoms with E-state index in [-0.39, 0.29) is 19.1 Å². The van der Waals surface area contributed by atoms with Gasteiger partial charge < -0.3 is 19.6 Å². The molecule has 1 atom stereocenters. The number of nitrogens with zero attached hydrogens (tertiary/aromatic N) is 2. The minimum atomic E-state index is -1.01. The van der Waals surface area contributed by atoms with Crippen molar-refractivity contribution in [3.05, 3.63) is 29.8 Å². The number of carboxylic acid groups (broad SMARTS) is 1. The van der Waals surface area contributed by atoms with Gasteiger partial charge in [-0.25, -0.2) is 0 Å². The molecule has 1 aliphatic rings. The Kier molecular flexibility index (Phi) is 4.80. The molecule has 0 spiro atoms. The number of fused-ring (bicyclic) bond motifs is 1. The van der Waals surface area contributed by atoms with Gasteiger partial charge in [0, 0.05) is 18.7 Å². The summed E-state index contributed by atoms with van der Waals surface area (Å²) in [4.78, 5) is 26.9. The van der Waals surface area contributed by atoms with E-state index < -0.39 is 11.9 Å². The summed E-state index contributed by atoms with van der Waals surface area (Å²) in [5, 5.41) is 9.00. The van der Waals surface area contributed by atoms with Crippen LogP contribution in [0.25, 0.3) is 0 Å². The van der Waals surface area contributed by atoms with E-state index in [4.69, 9.17) is 9.84 Å². The Morgan fingerprint density at radius 2 is 2.00 bits per heavy atom. The zero-order chi connectivity index (χ0) is 15.4.